The monoisotopic (exact) mass is 350 g/mol. The lowest BCUT2D eigenvalue weighted by molar-refractivity contribution is -0.159. The smallest absolute Gasteiger partial charge is 0.312 e. The van der Waals surface area contributed by atoms with E-state index in [0.717, 1.165) is 5.56 Å². The van der Waals surface area contributed by atoms with Crippen LogP contribution in [0, 0.1) is 5.92 Å². The Morgan fingerprint density at radius 2 is 2.04 bits per heavy atom. The summed E-state index contributed by atoms with van der Waals surface area (Å²) in [6.45, 7) is 3.50. The van der Waals surface area contributed by atoms with Crippen molar-refractivity contribution in [3.63, 3.8) is 0 Å². The summed E-state index contributed by atoms with van der Waals surface area (Å²) in [6, 6.07) is 6.92. The first-order chi connectivity index (χ1) is 11.3. The SMILES string of the molecule is CCOC(=O)[C@@H]1[C@H](c2ccc(Cl)cc2)c2c([nH][nH]c2=O)C[C@]1(C)O. The van der Waals surface area contributed by atoms with Gasteiger partial charge in [-0.05, 0) is 31.5 Å². The van der Waals surface area contributed by atoms with E-state index in [-0.39, 0.29) is 18.6 Å². The molecule has 0 spiro atoms. The van der Waals surface area contributed by atoms with Crippen molar-refractivity contribution >= 4 is 17.6 Å². The summed E-state index contributed by atoms with van der Waals surface area (Å²) in [5.41, 5.74) is 0.139. The molecule has 1 aromatic carbocycles. The van der Waals surface area contributed by atoms with Gasteiger partial charge in [-0.3, -0.25) is 14.7 Å². The molecule has 1 aromatic heterocycles. The van der Waals surface area contributed by atoms with Crippen LogP contribution in [0.1, 0.15) is 36.6 Å². The van der Waals surface area contributed by atoms with Crippen LogP contribution in [-0.4, -0.2) is 33.5 Å². The lowest BCUT2D eigenvalue weighted by Gasteiger charge is -2.40. The quantitative estimate of drug-likeness (QED) is 0.737. The van der Waals surface area contributed by atoms with Crippen LogP contribution in [0.2, 0.25) is 5.02 Å². The Balaban J connectivity index is 2.20. The highest BCUT2D eigenvalue weighted by molar-refractivity contribution is 6.30. The summed E-state index contributed by atoms with van der Waals surface area (Å²) < 4.78 is 5.18. The average molecular weight is 351 g/mol. The molecule has 1 aliphatic carbocycles. The van der Waals surface area contributed by atoms with Gasteiger partial charge in [0.15, 0.2) is 0 Å². The molecule has 0 saturated carbocycles. The van der Waals surface area contributed by atoms with Gasteiger partial charge < -0.3 is 14.9 Å². The van der Waals surface area contributed by atoms with Crippen LogP contribution in [0.25, 0.3) is 0 Å². The maximum absolute atomic E-state index is 12.6. The second-order valence-corrected chi connectivity index (χ2v) is 6.70. The van der Waals surface area contributed by atoms with E-state index in [9.17, 15) is 14.7 Å². The molecule has 128 valence electrons. The third-order valence-electron chi connectivity index (χ3n) is 4.52. The highest BCUT2D eigenvalue weighted by Crippen LogP contribution is 2.44. The predicted octanol–water partition coefficient (Wildman–Crippen LogP) is 1.97. The molecule has 0 aliphatic heterocycles. The van der Waals surface area contributed by atoms with E-state index in [1.165, 1.54) is 0 Å². The predicted molar refractivity (Wildman–Crippen MR) is 89.2 cm³/mol. The average Bonchev–Trinajstić information content (AvgIpc) is 2.86. The first-order valence-corrected chi connectivity index (χ1v) is 8.17. The molecule has 2 aromatic rings. The summed E-state index contributed by atoms with van der Waals surface area (Å²) in [7, 11) is 0. The number of halogens is 1. The molecule has 3 rings (SSSR count). The number of carbonyl (C=O) groups excluding carboxylic acids is 1. The Bertz CT molecular complexity index is 807. The maximum Gasteiger partial charge on any atom is 0.312 e. The number of H-pyrrole nitrogens is 2. The maximum atomic E-state index is 12.6. The van der Waals surface area contributed by atoms with E-state index < -0.39 is 23.4 Å². The zero-order valence-corrected chi connectivity index (χ0v) is 14.2. The molecular weight excluding hydrogens is 332 g/mol. The minimum atomic E-state index is -1.35. The first-order valence-electron chi connectivity index (χ1n) is 7.79. The van der Waals surface area contributed by atoms with Gasteiger partial charge in [-0.15, -0.1) is 0 Å². The van der Waals surface area contributed by atoms with E-state index in [1.807, 2.05) is 0 Å². The molecule has 6 nitrogen and oxygen atoms in total. The molecule has 1 heterocycles. The molecule has 0 bridgehead atoms. The molecule has 1 aliphatic rings. The fraction of sp³-hybridized carbons (Fsp3) is 0.412. The van der Waals surface area contributed by atoms with Crippen molar-refractivity contribution in [1.29, 1.82) is 0 Å². The van der Waals surface area contributed by atoms with Gasteiger partial charge in [0.05, 0.1) is 18.1 Å². The lowest BCUT2D eigenvalue weighted by Crippen LogP contribution is -2.50. The second kappa shape index (κ2) is 6.11. The highest BCUT2D eigenvalue weighted by atomic mass is 35.5. The van der Waals surface area contributed by atoms with Gasteiger partial charge in [0, 0.05) is 28.6 Å². The normalized spacial score (nSPS) is 26.0. The number of esters is 1. The molecule has 0 unspecified atom stereocenters. The molecule has 3 N–H and O–H groups in total. The molecule has 7 heteroatoms. The van der Waals surface area contributed by atoms with Crippen molar-refractivity contribution in [2.45, 2.75) is 31.8 Å². The molecule has 0 radical (unpaired) electrons. The van der Waals surface area contributed by atoms with Crippen LogP contribution in [0.5, 0.6) is 0 Å². The summed E-state index contributed by atoms with van der Waals surface area (Å²) in [6.07, 6.45) is 0.161. The van der Waals surface area contributed by atoms with Gasteiger partial charge >= 0.3 is 5.97 Å². The van der Waals surface area contributed by atoms with Crippen molar-refractivity contribution < 1.29 is 14.6 Å². The van der Waals surface area contributed by atoms with Crippen LogP contribution >= 0.6 is 11.6 Å². The van der Waals surface area contributed by atoms with Crippen LogP contribution in [0.3, 0.4) is 0 Å². The molecule has 0 fully saturated rings. The van der Waals surface area contributed by atoms with Crippen molar-refractivity contribution in [3.8, 4) is 0 Å². The largest absolute Gasteiger partial charge is 0.466 e. The summed E-state index contributed by atoms with van der Waals surface area (Å²) in [4.78, 5) is 24.9. The van der Waals surface area contributed by atoms with Gasteiger partial charge in [0.1, 0.15) is 0 Å². The third-order valence-corrected chi connectivity index (χ3v) is 4.77. The van der Waals surface area contributed by atoms with Crippen molar-refractivity contribution in [1.82, 2.24) is 10.2 Å². The summed E-state index contributed by atoms with van der Waals surface area (Å²) >= 11 is 5.95. The number of benzene rings is 1. The number of hydrogen-bond acceptors (Lipinski definition) is 4. The first kappa shape index (κ1) is 16.8. The van der Waals surface area contributed by atoms with Crippen LogP contribution < -0.4 is 5.56 Å². The molecule has 24 heavy (non-hydrogen) atoms. The summed E-state index contributed by atoms with van der Waals surface area (Å²) in [5, 5.41) is 16.8. The molecule has 0 amide bonds. The van der Waals surface area contributed by atoms with Crippen LogP contribution in [0.15, 0.2) is 29.1 Å². The Hall–Kier alpha value is -2.05. The number of carbonyl (C=O) groups is 1. The minimum Gasteiger partial charge on any atom is -0.466 e. The minimum absolute atomic E-state index is 0.161. The van der Waals surface area contributed by atoms with E-state index in [0.29, 0.717) is 16.3 Å². The second-order valence-electron chi connectivity index (χ2n) is 6.26. The van der Waals surface area contributed by atoms with E-state index >= 15 is 0 Å². The molecular formula is C17H19ClN2O4. The van der Waals surface area contributed by atoms with E-state index in [4.69, 9.17) is 16.3 Å². The van der Waals surface area contributed by atoms with Crippen molar-refractivity contribution in [2.24, 2.45) is 5.92 Å². The van der Waals surface area contributed by atoms with Crippen molar-refractivity contribution in [2.75, 3.05) is 6.61 Å². The lowest BCUT2D eigenvalue weighted by atomic mass is 9.66. The van der Waals surface area contributed by atoms with Gasteiger partial charge in [-0.25, -0.2) is 0 Å². The number of hydrogen-bond donors (Lipinski definition) is 3. The number of rotatable bonds is 3. The number of aromatic nitrogens is 2. The Morgan fingerprint density at radius 3 is 2.67 bits per heavy atom. The highest BCUT2D eigenvalue weighted by Gasteiger charge is 2.51. The summed E-state index contributed by atoms with van der Waals surface area (Å²) in [5.74, 6) is -2.02. The fourth-order valence-corrected chi connectivity index (χ4v) is 3.64. The molecule has 3 atom stereocenters. The third kappa shape index (κ3) is 2.76. The zero-order valence-electron chi connectivity index (χ0n) is 13.4. The van der Waals surface area contributed by atoms with Crippen LogP contribution in [0.4, 0.5) is 0 Å². The van der Waals surface area contributed by atoms with Gasteiger partial charge in [0.2, 0.25) is 0 Å². The molecule has 0 saturated heterocycles. The Labute approximate surface area is 143 Å². The van der Waals surface area contributed by atoms with Gasteiger partial charge in [0.25, 0.3) is 5.56 Å². The zero-order chi connectivity index (χ0) is 17.5. The number of fused-ring (bicyclic) bond motifs is 1. The van der Waals surface area contributed by atoms with Crippen molar-refractivity contribution in [3.05, 3.63) is 56.5 Å². The van der Waals surface area contributed by atoms with E-state index in [2.05, 4.69) is 10.2 Å². The number of nitrogens with one attached hydrogen (secondary N) is 2. The standard InChI is InChI=1S/C17H19ClN2O4/c1-3-24-16(22)14-12(9-4-6-10(18)7-5-9)13-11(8-17(14,2)23)19-20-15(13)21/h4-7,12,14,23H,3,8H2,1-2H3,(H2,19,20,21)/t12-,14+,17+/m1/s1. The van der Waals surface area contributed by atoms with E-state index in [1.54, 1.807) is 38.1 Å². The van der Waals surface area contributed by atoms with Gasteiger partial charge in [-0.1, -0.05) is 23.7 Å². The van der Waals surface area contributed by atoms with Crippen LogP contribution in [-0.2, 0) is 16.0 Å². The Kier molecular flexibility index (Phi) is 4.27. The number of aromatic amines is 2. The number of aliphatic hydroxyl groups is 1. The van der Waals surface area contributed by atoms with Gasteiger partial charge in [-0.2, -0.15) is 0 Å². The Morgan fingerprint density at radius 1 is 1.38 bits per heavy atom. The number of ether oxygens (including phenoxy) is 1. The fourth-order valence-electron chi connectivity index (χ4n) is 3.52. The topological polar surface area (TPSA) is 95.2 Å².